The standard InChI is InChI=1S/C26H20Br2O2/c27-21-11-13-25(29-17-19-7-3-1-4-8-19)23(15-21)24-16-22(28)12-14-26(24)30-18-20-9-5-2-6-10-20/h1-16H,17-18H2. The number of rotatable bonds is 7. The summed E-state index contributed by atoms with van der Waals surface area (Å²) in [7, 11) is 0. The summed E-state index contributed by atoms with van der Waals surface area (Å²) in [6, 6.07) is 32.4. The van der Waals surface area contributed by atoms with E-state index in [1.165, 1.54) is 0 Å². The zero-order valence-electron chi connectivity index (χ0n) is 16.2. The lowest BCUT2D eigenvalue weighted by Gasteiger charge is -2.16. The monoisotopic (exact) mass is 522 g/mol. The molecule has 4 aromatic carbocycles. The van der Waals surface area contributed by atoms with Crippen LogP contribution >= 0.6 is 31.9 Å². The van der Waals surface area contributed by atoms with Gasteiger partial charge in [0, 0.05) is 20.1 Å². The maximum Gasteiger partial charge on any atom is 0.127 e. The molecule has 0 saturated carbocycles. The van der Waals surface area contributed by atoms with Crippen molar-refractivity contribution in [3.8, 4) is 22.6 Å². The zero-order chi connectivity index (χ0) is 20.8. The van der Waals surface area contributed by atoms with Crippen LogP contribution in [0, 0.1) is 0 Å². The van der Waals surface area contributed by atoms with Crippen molar-refractivity contribution in [2.24, 2.45) is 0 Å². The second-order valence-corrected chi connectivity index (χ2v) is 8.66. The summed E-state index contributed by atoms with van der Waals surface area (Å²) >= 11 is 7.20. The highest BCUT2D eigenvalue weighted by Gasteiger charge is 2.14. The molecule has 0 aromatic heterocycles. The van der Waals surface area contributed by atoms with Crippen molar-refractivity contribution in [2.45, 2.75) is 13.2 Å². The van der Waals surface area contributed by atoms with Crippen LogP contribution in [-0.2, 0) is 13.2 Å². The summed E-state index contributed by atoms with van der Waals surface area (Å²) in [5.41, 5.74) is 4.21. The fourth-order valence-electron chi connectivity index (χ4n) is 3.15. The first-order valence-corrected chi connectivity index (χ1v) is 11.2. The summed E-state index contributed by atoms with van der Waals surface area (Å²) in [5.74, 6) is 1.62. The van der Waals surface area contributed by atoms with E-state index >= 15 is 0 Å². The summed E-state index contributed by atoms with van der Waals surface area (Å²) in [6.07, 6.45) is 0. The van der Waals surface area contributed by atoms with Gasteiger partial charge in [-0.25, -0.2) is 0 Å². The lowest BCUT2D eigenvalue weighted by Crippen LogP contribution is -2.00. The molecule has 4 aromatic rings. The third-order valence-electron chi connectivity index (χ3n) is 4.65. The van der Waals surface area contributed by atoms with E-state index in [2.05, 4.69) is 68.3 Å². The van der Waals surface area contributed by atoms with Crippen molar-refractivity contribution in [1.29, 1.82) is 0 Å². The van der Waals surface area contributed by atoms with E-state index in [1.807, 2.05) is 60.7 Å². The van der Waals surface area contributed by atoms with Gasteiger partial charge in [-0.15, -0.1) is 0 Å². The Bertz CT molecular complexity index is 1020. The van der Waals surface area contributed by atoms with Gasteiger partial charge in [0.1, 0.15) is 24.7 Å². The Morgan fingerprint density at radius 1 is 0.500 bits per heavy atom. The third-order valence-corrected chi connectivity index (χ3v) is 5.63. The first kappa shape index (κ1) is 20.7. The molecule has 0 aliphatic heterocycles. The van der Waals surface area contributed by atoms with Gasteiger partial charge in [-0.2, -0.15) is 0 Å². The highest BCUT2D eigenvalue weighted by atomic mass is 79.9. The van der Waals surface area contributed by atoms with Crippen LogP contribution < -0.4 is 9.47 Å². The average molecular weight is 524 g/mol. The molecule has 0 unspecified atom stereocenters. The zero-order valence-corrected chi connectivity index (χ0v) is 19.4. The van der Waals surface area contributed by atoms with Gasteiger partial charge in [-0.3, -0.25) is 0 Å². The summed E-state index contributed by atoms with van der Waals surface area (Å²) in [6.45, 7) is 1.01. The molecule has 0 N–H and O–H groups in total. The summed E-state index contributed by atoms with van der Waals surface area (Å²) in [4.78, 5) is 0. The van der Waals surface area contributed by atoms with Gasteiger partial charge < -0.3 is 9.47 Å². The van der Waals surface area contributed by atoms with E-state index < -0.39 is 0 Å². The van der Waals surface area contributed by atoms with E-state index in [0.29, 0.717) is 13.2 Å². The van der Waals surface area contributed by atoms with Crippen molar-refractivity contribution in [2.75, 3.05) is 0 Å². The quantitative estimate of drug-likeness (QED) is 0.244. The largest absolute Gasteiger partial charge is 0.488 e. The van der Waals surface area contributed by atoms with Gasteiger partial charge >= 0.3 is 0 Å². The number of hydrogen-bond acceptors (Lipinski definition) is 2. The van der Waals surface area contributed by atoms with E-state index in [4.69, 9.17) is 9.47 Å². The van der Waals surface area contributed by atoms with Crippen molar-refractivity contribution >= 4 is 31.9 Å². The maximum atomic E-state index is 6.20. The Hall–Kier alpha value is -2.56. The highest BCUT2D eigenvalue weighted by molar-refractivity contribution is 9.10. The Kier molecular flexibility index (Phi) is 6.88. The van der Waals surface area contributed by atoms with Crippen molar-refractivity contribution < 1.29 is 9.47 Å². The van der Waals surface area contributed by atoms with Crippen LogP contribution in [0.2, 0.25) is 0 Å². The molecule has 0 fully saturated rings. The number of halogens is 2. The molecule has 150 valence electrons. The summed E-state index contributed by atoms with van der Waals surface area (Å²) in [5, 5.41) is 0. The van der Waals surface area contributed by atoms with Crippen LogP contribution in [0.15, 0.2) is 106 Å². The summed E-state index contributed by atoms with van der Waals surface area (Å²) < 4.78 is 14.4. The topological polar surface area (TPSA) is 18.5 Å². The predicted octanol–water partition coefficient (Wildman–Crippen LogP) is 8.04. The van der Waals surface area contributed by atoms with Gasteiger partial charge in [-0.05, 0) is 47.5 Å². The van der Waals surface area contributed by atoms with Gasteiger partial charge in [0.05, 0.1) is 0 Å². The second kappa shape index (κ2) is 9.96. The predicted molar refractivity (Wildman–Crippen MR) is 129 cm³/mol. The molecule has 0 spiro atoms. The van der Waals surface area contributed by atoms with Crippen LogP contribution in [-0.4, -0.2) is 0 Å². The van der Waals surface area contributed by atoms with E-state index in [-0.39, 0.29) is 0 Å². The minimum absolute atomic E-state index is 0.504. The van der Waals surface area contributed by atoms with Crippen molar-refractivity contribution in [3.63, 3.8) is 0 Å². The second-order valence-electron chi connectivity index (χ2n) is 6.83. The molecule has 4 heteroatoms. The molecule has 0 aliphatic carbocycles. The number of hydrogen-bond donors (Lipinski definition) is 0. The first-order valence-electron chi connectivity index (χ1n) is 9.62. The van der Waals surface area contributed by atoms with Gasteiger partial charge in [0.2, 0.25) is 0 Å². The average Bonchev–Trinajstić information content (AvgIpc) is 2.79. The van der Waals surface area contributed by atoms with Gasteiger partial charge in [0.25, 0.3) is 0 Å². The molecule has 0 amide bonds. The third kappa shape index (κ3) is 5.32. The van der Waals surface area contributed by atoms with Gasteiger partial charge in [0.15, 0.2) is 0 Å². The molecule has 0 atom stereocenters. The Labute approximate surface area is 193 Å². The Morgan fingerprint density at radius 2 is 0.900 bits per heavy atom. The number of ether oxygens (including phenoxy) is 2. The van der Waals surface area contributed by atoms with Crippen LogP contribution in [0.3, 0.4) is 0 Å². The molecule has 0 heterocycles. The molecule has 0 radical (unpaired) electrons. The molecule has 0 aliphatic rings. The molecule has 30 heavy (non-hydrogen) atoms. The van der Waals surface area contributed by atoms with Gasteiger partial charge in [-0.1, -0.05) is 92.5 Å². The minimum Gasteiger partial charge on any atom is -0.488 e. The molecular formula is C26H20Br2O2. The number of benzene rings is 4. The fraction of sp³-hybridized carbons (Fsp3) is 0.0769. The Balaban J connectivity index is 1.65. The van der Waals surface area contributed by atoms with Crippen molar-refractivity contribution in [1.82, 2.24) is 0 Å². The molecule has 0 saturated heterocycles. The van der Waals surface area contributed by atoms with E-state index in [0.717, 1.165) is 42.7 Å². The molecule has 2 nitrogen and oxygen atoms in total. The molecule has 4 rings (SSSR count). The normalized spacial score (nSPS) is 10.6. The highest BCUT2D eigenvalue weighted by Crippen LogP contribution is 2.40. The minimum atomic E-state index is 0.504. The van der Waals surface area contributed by atoms with Crippen LogP contribution in [0.25, 0.3) is 11.1 Å². The smallest absolute Gasteiger partial charge is 0.127 e. The lowest BCUT2D eigenvalue weighted by atomic mass is 10.0. The lowest BCUT2D eigenvalue weighted by molar-refractivity contribution is 0.303. The van der Waals surface area contributed by atoms with E-state index in [9.17, 15) is 0 Å². The van der Waals surface area contributed by atoms with Crippen LogP contribution in [0.5, 0.6) is 11.5 Å². The fourth-order valence-corrected chi connectivity index (χ4v) is 3.87. The van der Waals surface area contributed by atoms with E-state index in [1.54, 1.807) is 0 Å². The first-order chi connectivity index (χ1) is 14.7. The molecule has 0 bridgehead atoms. The SMILES string of the molecule is Brc1ccc(OCc2ccccc2)c(-c2cc(Br)ccc2OCc2ccccc2)c1. The van der Waals surface area contributed by atoms with Crippen molar-refractivity contribution in [3.05, 3.63) is 117 Å². The maximum absolute atomic E-state index is 6.20. The molecular weight excluding hydrogens is 504 g/mol. The van der Waals surface area contributed by atoms with Crippen LogP contribution in [0.4, 0.5) is 0 Å². The van der Waals surface area contributed by atoms with Crippen LogP contribution in [0.1, 0.15) is 11.1 Å². The Morgan fingerprint density at radius 3 is 1.30 bits per heavy atom.